The van der Waals surface area contributed by atoms with E-state index in [1.165, 1.54) is 20.7 Å². The van der Waals surface area contributed by atoms with Gasteiger partial charge in [-0.1, -0.05) is 169 Å². The molecule has 1 unspecified atom stereocenters. The maximum Gasteiger partial charge on any atom is 0.261 e. The first kappa shape index (κ1) is 39.2. The first-order valence-corrected chi connectivity index (χ1v) is 22.2. The molecule has 52 heavy (non-hydrogen) atoms. The molecule has 5 nitrogen and oxygen atoms in total. The van der Waals surface area contributed by atoms with Gasteiger partial charge in [0.05, 0.1) is 20.8 Å². The summed E-state index contributed by atoms with van der Waals surface area (Å²) < 4.78 is 26.2. The van der Waals surface area contributed by atoms with E-state index in [-0.39, 0.29) is 16.1 Å². The molecule has 0 aliphatic heterocycles. The van der Waals surface area contributed by atoms with Crippen LogP contribution in [-0.2, 0) is 15.4 Å². The molecule has 0 aliphatic carbocycles. The minimum absolute atomic E-state index is 0.00771. The fraction of sp³-hybridized carbons (Fsp3) is 0.333. The Balaban J connectivity index is 1.51. The quantitative estimate of drug-likeness (QED) is 0.106. The Morgan fingerprint density at radius 3 is 1.35 bits per heavy atom. The molecular weight excluding hydrogens is 675 g/mol. The number of methoxy groups -OCH3 is 2. The van der Waals surface area contributed by atoms with E-state index in [0.29, 0.717) is 19.8 Å². The van der Waals surface area contributed by atoms with Gasteiger partial charge in [0, 0.05) is 30.8 Å². The zero-order valence-corrected chi connectivity index (χ0v) is 34.3. The topological polar surface area (TPSA) is 49.0 Å². The molecule has 0 saturated heterocycles. The van der Waals surface area contributed by atoms with Crippen molar-refractivity contribution in [1.82, 2.24) is 5.32 Å². The molecule has 0 spiro atoms. The van der Waals surface area contributed by atoms with Gasteiger partial charge >= 0.3 is 0 Å². The van der Waals surface area contributed by atoms with Gasteiger partial charge in [0.2, 0.25) is 0 Å². The van der Waals surface area contributed by atoms with E-state index in [1.807, 2.05) is 12.1 Å². The number of ether oxygens (including phenoxy) is 2. The van der Waals surface area contributed by atoms with Crippen LogP contribution in [0.1, 0.15) is 53.5 Å². The van der Waals surface area contributed by atoms with E-state index in [0.717, 1.165) is 23.5 Å². The van der Waals surface area contributed by atoms with Crippen LogP contribution in [0.2, 0.25) is 10.1 Å². The summed E-state index contributed by atoms with van der Waals surface area (Å²) in [6, 6.07) is 49.5. The first-order valence-electron chi connectivity index (χ1n) is 18.4. The van der Waals surface area contributed by atoms with Crippen molar-refractivity contribution in [3.8, 4) is 11.5 Å². The van der Waals surface area contributed by atoms with Crippen LogP contribution >= 0.6 is 0 Å². The van der Waals surface area contributed by atoms with Crippen molar-refractivity contribution in [3.63, 3.8) is 0 Å². The van der Waals surface area contributed by atoms with Gasteiger partial charge in [0.25, 0.3) is 16.6 Å². The van der Waals surface area contributed by atoms with Gasteiger partial charge in [0.1, 0.15) is 11.5 Å². The second kappa shape index (κ2) is 17.2. The minimum atomic E-state index is -2.77. The van der Waals surface area contributed by atoms with Crippen molar-refractivity contribution in [2.75, 3.05) is 27.4 Å². The average Bonchev–Trinajstić information content (AvgIpc) is 3.16. The molecule has 5 rings (SSSR count). The molecule has 0 aromatic heterocycles. The van der Waals surface area contributed by atoms with Crippen LogP contribution in [0.4, 0.5) is 0 Å². The van der Waals surface area contributed by atoms with Gasteiger partial charge in [-0.15, -0.1) is 0 Å². The molecule has 0 radical (unpaired) electrons. The van der Waals surface area contributed by atoms with E-state index in [9.17, 15) is 0 Å². The van der Waals surface area contributed by atoms with Crippen molar-refractivity contribution in [1.29, 1.82) is 0 Å². The monoisotopic (exact) mass is 731 g/mol. The fourth-order valence-corrected chi connectivity index (χ4v) is 16.8. The molecular formula is C45H57NO4Si2. The Morgan fingerprint density at radius 2 is 0.962 bits per heavy atom. The van der Waals surface area contributed by atoms with Gasteiger partial charge < -0.3 is 23.6 Å². The number of rotatable bonds is 16. The summed E-state index contributed by atoms with van der Waals surface area (Å²) in [6.45, 7) is 15.7. The van der Waals surface area contributed by atoms with E-state index < -0.39 is 16.6 Å². The fourth-order valence-electron chi connectivity index (χ4n) is 7.60. The molecule has 0 bridgehead atoms. The van der Waals surface area contributed by atoms with E-state index in [4.69, 9.17) is 18.3 Å². The Labute approximate surface area is 314 Å². The highest BCUT2D eigenvalue weighted by Crippen LogP contribution is 2.38. The molecule has 0 saturated carbocycles. The molecule has 0 heterocycles. The van der Waals surface area contributed by atoms with Crippen molar-refractivity contribution >= 4 is 37.4 Å². The van der Waals surface area contributed by atoms with Crippen LogP contribution in [0.5, 0.6) is 11.5 Å². The Hall–Kier alpha value is -3.99. The summed E-state index contributed by atoms with van der Waals surface area (Å²) in [5.74, 6) is 1.56. The summed E-state index contributed by atoms with van der Waals surface area (Å²) in [5, 5.41) is 8.75. The van der Waals surface area contributed by atoms with E-state index in [2.05, 4.69) is 174 Å². The SMILES string of the molecule is COc1ccc(CNC(CCO[Si](c2ccccc2)(c2ccccc2)C(C)(C)C)CO[Si](c2ccccc2)(c2ccccc2)C(C)(C)C)c(OC)c1. The smallest absolute Gasteiger partial charge is 0.261 e. The maximum absolute atomic E-state index is 7.51. The zero-order chi connectivity index (χ0) is 37.2. The maximum atomic E-state index is 7.51. The molecule has 0 fully saturated rings. The normalized spacial score (nSPS) is 13.1. The third kappa shape index (κ3) is 8.45. The van der Waals surface area contributed by atoms with Crippen molar-refractivity contribution in [2.45, 2.75) is 70.6 Å². The van der Waals surface area contributed by atoms with Crippen molar-refractivity contribution < 1.29 is 18.3 Å². The van der Waals surface area contributed by atoms with Crippen LogP contribution < -0.4 is 35.5 Å². The first-order chi connectivity index (χ1) is 25.0. The summed E-state index contributed by atoms with van der Waals surface area (Å²) in [5.41, 5.74) is 1.06. The molecule has 0 aliphatic rings. The summed E-state index contributed by atoms with van der Waals surface area (Å²) in [7, 11) is -2.11. The predicted molar refractivity (Wildman–Crippen MR) is 222 cm³/mol. The number of benzene rings is 5. The molecule has 274 valence electrons. The number of hydrogen-bond acceptors (Lipinski definition) is 5. The highest BCUT2D eigenvalue weighted by molar-refractivity contribution is 7.00. The van der Waals surface area contributed by atoms with E-state index in [1.54, 1.807) is 14.2 Å². The minimum Gasteiger partial charge on any atom is -0.497 e. The van der Waals surface area contributed by atoms with Crippen LogP contribution in [0, 0.1) is 0 Å². The number of hydrogen-bond donors (Lipinski definition) is 1. The van der Waals surface area contributed by atoms with Gasteiger partial charge in [-0.25, -0.2) is 0 Å². The van der Waals surface area contributed by atoms with Gasteiger partial charge in [-0.3, -0.25) is 0 Å². The van der Waals surface area contributed by atoms with Gasteiger partial charge in [-0.05, 0) is 43.3 Å². The van der Waals surface area contributed by atoms with Crippen LogP contribution in [-0.4, -0.2) is 50.1 Å². The number of nitrogens with one attached hydrogen (secondary N) is 1. The summed E-state index contributed by atoms with van der Waals surface area (Å²) >= 11 is 0. The standard InChI is InChI=1S/C45H57NO4Si2/c1-44(2,3)51(39-21-13-9-14-22-39,40-23-15-10-16-24-40)49-32-31-37(46-34-36-29-30-38(47-7)33-43(36)48-8)35-50-52(45(4,5)6,41-25-17-11-18-26-41)42-27-19-12-20-28-42/h9-30,33,37,46H,31-32,34-35H2,1-8H3. The molecule has 7 heteroatoms. The zero-order valence-electron chi connectivity index (χ0n) is 32.3. The van der Waals surface area contributed by atoms with E-state index >= 15 is 0 Å². The van der Waals surface area contributed by atoms with Gasteiger partial charge in [0.15, 0.2) is 0 Å². The van der Waals surface area contributed by atoms with Crippen molar-refractivity contribution in [2.24, 2.45) is 0 Å². The second-order valence-corrected chi connectivity index (χ2v) is 24.1. The lowest BCUT2D eigenvalue weighted by Gasteiger charge is -2.44. The lowest BCUT2D eigenvalue weighted by molar-refractivity contribution is 0.209. The third-order valence-corrected chi connectivity index (χ3v) is 20.2. The van der Waals surface area contributed by atoms with Crippen LogP contribution in [0.3, 0.4) is 0 Å². The Bertz CT molecular complexity index is 1730. The lowest BCUT2D eigenvalue weighted by atomic mass is 10.1. The highest BCUT2D eigenvalue weighted by Gasteiger charge is 2.51. The van der Waals surface area contributed by atoms with Crippen LogP contribution in [0.15, 0.2) is 140 Å². The average molecular weight is 732 g/mol. The molecule has 1 N–H and O–H groups in total. The summed E-state index contributed by atoms with van der Waals surface area (Å²) in [6.07, 6.45) is 0.765. The van der Waals surface area contributed by atoms with Crippen molar-refractivity contribution in [3.05, 3.63) is 145 Å². The second-order valence-electron chi connectivity index (χ2n) is 15.5. The largest absolute Gasteiger partial charge is 0.497 e. The third-order valence-electron chi connectivity index (χ3n) is 10.2. The predicted octanol–water partition coefficient (Wildman–Crippen LogP) is 7.71. The molecule has 0 amide bonds. The molecule has 5 aromatic carbocycles. The van der Waals surface area contributed by atoms with Gasteiger partial charge in [-0.2, -0.15) is 0 Å². The Kier molecular flexibility index (Phi) is 13.0. The summed E-state index contributed by atoms with van der Waals surface area (Å²) in [4.78, 5) is 0. The lowest BCUT2D eigenvalue weighted by Crippen LogP contribution is -2.67. The molecule has 5 aromatic rings. The highest BCUT2D eigenvalue weighted by atomic mass is 28.4. The van der Waals surface area contributed by atoms with Crippen LogP contribution in [0.25, 0.3) is 0 Å². The molecule has 1 atom stereocenters. The Morgan fingerprint density at radius 1 is 0.538 bits per heavy atom.